The quantitative estimate of drug-likeness (QED) is 0.864. The molecule has 0 amide bonds. The van der Waals surface area contributed by atoms with Gasteiger partial charge in [-0.3, -0.25) is 0 Å². The van der Waals surface area contributed by atoms with Gasteiger partial charge in [-0.15, -0.1) is 0 Å². The van der Waals surface area contributed by atoms with Crippen LogP contribution in [0.25, 0.3) is 0 Å². The third-order valence-corrected chi connectivity index (χ3v) is 7.61. The van der Waals surface area contributed by atoms with Crippen LogP contribution >= 0.6 is 0 Å². The Morgan fingerprint density at radius 3 is 2.25 bits per heavy atom. The van der Waals surface area contributed by atoms with Crippen molar-refractivity contribution in [3.05, 3.63) is 0 Å². The van der Waals surface area contributed by atoms with Gasteiger partial charge in [0.05, 0.1) is 10.9 Å². The fourth-order valence-electron chi connectivity index (χ4n) is 3.82. The highest BCUT2D eigenvalue weighted by atomic mass is 32.2. The molecule has 2 saturated carbocycles. The first-order valence-electron chi connectivity index (χ1n) is 7.62. The molecule has 0 heterocycles. The van der Waals surface area contributed by atoms with Crippen molar-refractivity contribution in [2.24, 2.45) is 5.41 Å². The van der Waals surface area contributed by atoms with Crippen molar-refractivity contribution in [1.29, 1.82) is 0 Å². The molecule has 2 aliphatic rings. The van der Waals surface area contributed by atoms with E-state index in [0.29, 0.717) is 6.04 Å². The zero-order valence-electron chi connectivity index (χ0n) is 13.4. The molecule has 4 nitrogen and oxygen atoms in total. The molecular formula is C15H29NO3S. The highest BCUT2D eigenvalue weighted by Gasteiger charge is 2.58. The number of rotatable bonds is 4. The Morgan fingerprint density at radius 1 is 1.15 bits per heavy atom. The first-order chi connectivity index (χ1) is 9.12. The minimum absolute atomic E-state index is 0.0290. The van der Waals surface area contributed by atoms with Crippen LogP contribution in [-0.4, -0.2) is 44.7 Å². The molecule has 0 spiro atoms. The number of methoxy groups -OCH3 is 1. The van der Waals surface area contributed by atoms with Crippen molar-refractivity contribution in [3.8, 4) is 0 Å². The Hall–Kier alpha value is -0.130. The Labute approximate surface area is 123 Å². The maximum Gasteiger partial charge on any atom is 0.151 e. The Bertz CT molecular complexity index is 460. The standard InChI is InChI=1S/C15H29NO3S/c1-14(2)13(10-15(14,3)19-4)16-11-8-6-7-9-12(11)20(5,17)18/h11-13,16H,6-10H2,1-5H3. The highest BCUT2D eigenvalue weighted by Crippen LogP contribution is 2.51. The lowest BCUT2D eigenvalue weighted by atomic mass is 9.55. The molecule has 0 bridgehead atoms. The van der Waals surface area contributed by atoms with E-state index in [1.165, 1.54) is 6.26 Å². The molecule has 118 valence electrons. The molecule has 0 aromatic heterocycles. The molecule has 0 radical (unpaired) electrons. The molecule has 0 aliphatic heterocycles. The van der Waals surface area contributed by atoms with Crippen LogP contribution in [0.3, 0.4) is 0 Å². The summed E-state index contributed by atoms with van der Waals surface area (Å²) in [5.41, 5.74) is -0.0822. The van der Waals surface area contributed by atoms with Crippen molar-refractivity contribution in [2.45, 2.75) is 75.8 Å². The highest BCUT2D eigenvalue weighted by molar-refractivity contribution is 7.91. The average Bonchev–Trinajstić information content (AvgIpc) is 2.37. The second kappa shape index (κ2) is 5.25. The van der Waals surface area contributed by atoms with Gasteiger partial charge in [0.25, 0.3) is 0 Å². The summed E-state index contributed by atoms with van der Waals surface area (Å²) >= 11 is 0. The van der Waals surface area contributed by atoms with E-state index >= 15 is 0 Å². The minimum atomic E-state index is -2.97. The largest absolute Gasteiger partial charge is 0.378 e. The monoisotopic (exact) mass is 303 g/mol. The summed E-state index contributed by atoms with van der Waals surface area (Å²) < 4.78 is 29.6. The zero-order valence-corrected chi connectivity index (χ0v) is 14.2. The number of hydrogen-bond donors (Lipinski definition) is 1. The van der Waals surface area contributed by atoms with Gasteiger partial charge in [-0.1, -0.05) is 26.7 Å². The second-order valence-corrected chi connectivity index (χ2v) is 9.60. The molecule has 0 aromatic carbocycles. The third-order valence-electron chi connectivity index (χ3n) is 5.95. The average molecular weight is 303 g/mol. The topological polar surface area (TPSA) is 55.4 Å². The fourth-order valence-corrected chi connectivity index (χ4v) is 5.22. The predicted octanol–water partition coefficient (Wildman–Crippen LogP) is 2.14. The number of nitrogens with one attached hydrogen (secondary N) is 1. The van der Waals surface area contributed by atoms with Gasteiger partial charge < -0.3 is 10.1 Å². The second-order valence-electron chi connectivity index (χ2n) is 7.34. The number of sulfone groups is 1. The summed E-state index contributed by atoms with van der Waals surface area (Å²) in [6.45, 7) is 6.55. The summed E-state index contributed by atoms with van der Waals surface area (Å²) in [6.07, 6.45) is 6.24. The molecular weight excluding hydrogens is 274 g/mol. The molecule has 4 atom stereocenters. The van der Waals surface area contributed by atoms with Crippen LogP contribution in [0.2, 0.25) is 0 Å². The fraction of sp³-hybridized carbons (Fsp3) is 1.00. The van der Waals surface area contributed by atoms with Gasteiger partial charge in [-0.2, -0.15) is 0 Å². The molecule has 5 heteroatoms. The van der Waals surface area contributed by atoms with Crippen LogP contribution in [0.4, 0.5) is 0 Å². The van der Waals surface area contributed by atoms with Crippen LogP contribution in [0, 0.1) is 5.41 Å². The van der Waals surface area contributed by atoms with Gasteiger partial charge in [0, 0.05) is 30.9 Å². The summed E-state index contributed by atoms with van der Waals surface area (Å²) in [7, 11) is -1.21. The van der Waals surface area contributed by atoms with E-state index in [2.05, 4.69) is 26.1 Å². The summed E-state index contributed by atoms with van der Waals surface area (Å²) in [6, 6.07) is 0.434. The van der Waals surface area contributed by atoms with E-state index in [1.807, 2.05) is 0 Å². The Morgan fingerprint density at radius 2 is 1.75 bits per heavy atom. The predicted molar refractivity (Wildman–Crippen MR) is 81.6 cm³/mol. The van der Waals surface area contributed by atoms with Gasteiger partial charge in [0.2, 0.25) is 0 Å². The molecule has 0 saturated heterocycles. The van der Waals surface area contributed by atoms with Crippen molar-refractivity contribution in [1.82, 2.24) is 5.32 Å². The minimum Gasteiger partial charge on any atom is -0.378 e. The summed E-state index contributed by atoms with van der Waals surface area (Å²) in [5.74, 6) is 0. The first-order valence-corrected chi connectivity index (χ1v) is 9.57. The van der Waals surface area contributed by atoms with Crippen molar-refractivity contribution in [2.75, 3.05) is 13.4 Å². The van der Waals surface area contributed by atoms with Crippen LogP contribution in [0.15, 0.2) is 0 Å². The van der Waals surface area contributed by atoms with Crippen LogP contribution in [0.5, 0.6) is 0 Å². The van der Waals surface area contributed by atoms with Crippen molar-refractivity contribution >= 4 is 9.84 Å². The first kappa shape index (κ1) is 16.2. The van der Waals surface area contributed by atoms with E-state index in [9.17, 15) is 8.42 Å². The van der Waals surface area contributed by atoms with Crippen molar-refractivity contribution in [3.63, 3.8) is 0 Å². The van der Waals surface area contributed by atoms with E-state index in [0.717, 1.165) is 32.1 Å². The maximum atomic E-state index is 12.0. The lowest BCUT2D eigenvalue weighted by Crippen LogP contribution is -2.70. The summed E-state index contributed by atoms with van der Waals surface area (Å²) in [4.78, 5) is 0. The smallest absolute Gasteiger partial charge is 0.151 e. The Balaban J connectivity index is 2.07. The van der Waals surface area contributed by atoms with Gasteiger partial charge in [0.15, 0.2) is 9.84 Å². The van der Waals surface area contributed by atoms with Crippen LogP contribution < -0.4 is 5.32 Å². The number of ether oxygens (including phenoxy) is 1. The van der Waals surface area contributed by atoms with E-state index < -0.39 is 9.84 Å². The van der Waals surface area contributed by atoms with E-state index in [4.69, 9.17) is 4.74 Å². The zero-order chi connectivity index (χ0) is 15.2. The van der Waals surface area contributed by atoms with Gasteiger partial charge in [-0.05, 0) is 26.2 Å². The molecule has 2 aliphatic carbocycles. The van der Waals surface area contributed by atoms with Gasteiger partial charge >= 0.3 is 0 Å². The SMILES string of the molecule is COC1(C)CC(NC2CCCCC2S(C)(=O)=O)C1(C)C. The lowest BCUT2D eigenvalue weighted by molar-refractivity contribution is -0.182. The maximum absolute atomic E-state index is 12.0. The van der Waals surface area contributed by atoms with Crippen LogP contribution in [-0.2, 0) is 14.6 Å². The normalized spacial score (nSPS) is 41.1. The molecule has 2 rings (SSSR count). The van der Waals surface area contributed by atoms with E-state index in [1.54, 1.807) is 7.11 Å². The van der Waals surface area contributed by atoms with Gasteiger partial charge in [0.1, 0.15) is 0 Å². The summed E-state index contributed by atoms with van der Waals surface area (Å²) in [5, 5.41) is 3.41. The third kappa shape index (κ3) is 2.64. The molecule has 2 fully saturated rings. The Kier molecular flexibility index (Phi) is 4.27. The molecule has 20 heavy (non-hydrogen) atoms. The van der Waals surface area contributed by atoms with Crippen molar-refractivity contribution < 1.29 is 13.2 Å². The lowest BCUT2D eigenvalue weighted by Gasteiger charge is -2.60. The van der Waals surface area contributed by atoms with Crippen LogP contribution in [0.1, 0.15) is 52.9 Å². The molecule has 0 aromatic rings. The number of hydrogen-bond acceptors (Lipinski definition) is 4. The van der Waals surface area contributed by atoms with E-state index in [-0.39, 0.29) is 22.3 Å². The van der Waals surface area contributed by atoms with Gasteiger partial charge in [-0.25, -0.2) is 8.42 Å². The molecule has 4 unspecified atom stereocenters. The molecule has 1 N–H and O–H groups in total.